The van der Waals surface area contributed by atoms with Gasteiger partial charge in [0.05, 0.1) is 17.1 Å². The van der Waals surface area contributed by atoms with Gasteiger partial charge in [0.2, 0.25) is 5.91 Å². The van der Waals surface area contributed by atoms with Crippen molar-refractivity contribution in [2.24, 2.45) is 5.73 Å². The maximum atomic E-state index is 12.4. The molecule has 4 N–H and O–H groups in total. The number of hydrogen-bond acceptors (Lipinski definition) is 5. The van der Waals surface area contributed by atoms with Gasteiger partial charge in [-0.1, -0.05) is 37.3 Å². The van der Waals surface area contributed by atoms with Crippen LogP contribution in [0.4, 0.5) is 0 Å². The van der Waals surface area contributed by atoms with E-state index in [0.29, 0.717) is 29.3 Å². The van der Waals surface area contributed by atoms with Crippen LogP contribution in [0.25, 0.3) is 0 Å². The summed E-state index contributed by atoms with van der Waals surface area (Å²) in [4.78, 5) is 20.9. The predicted molar refractivity (Wildman–Crippen MR) is 127 cm³/mol. The molecule has 3 rings (SSSR count). The zero-order valence-electron chi connectivity index (χ0n) is 19.9. The molecule has 1 amide bonds. The molecule has 0 saturated heterocycles. The van der Waals surface area contributed by atoms with Gasteiger partial charge in [0.1, 0.15) is 16.9 Å². The van der Waals surface area contributed by atoms with E-state index in [4.69, 9.17) is 5.73 Å². The largest absolute Gasteiger partial charge is 0.506 e. The Labute approximate surface area is 190 Å². The number of primary amides is 1. The van der Waals surface area contributed by atoms with Crippen molar-refractivity contribution in [1.29, 1.82) is 0 Å². The summed E-state index contributed by atoms with van der Waals surface area (Å²) in [5.74, 6) is 0.0603. The fourth-order valence-electron chi connectivity index (χ4n) is 3.82. The predicted octanol–water partition coefficient (Wildman–Crippen LogP) is 4.61. The van der Waals surface area contributed by atoms with Gasteiger partial charge in [-0.05, 0) is 75.8 Å². The molecule has 0 fully saturated rings. The number of benzene rings is 1. The molecule has 0 aliphatic heterocycles. The molecule has 2 aromatic heterocycles. The highest BCUT2D eigenvalue weighted by molar-refractivity contribution is 5.90. The highest BCUT2D eigenvalue weighted by Gasteiger charge is 2.42. The SMILES string of the molecule is CCC(C(N)=O)(c1ccccc1)c1nc(C)c(O)c(C)c1C.Cc1cnc(C)c(O)c1C. The number of aromatic hydroxyl groups is 2. The van der Waals surface area contributed by atoms with Crippen LogP contribution in [0.3, 0.4) is 0 Å². The van der Waals surface area contributed by atoms with Crippen molar-refractivity contribution < 1.29 is 15.0 Å². The van der Waals surface area contributed by atoms with Gasteiger partial charge in [0, 0.05) is 6.20 Å². The summed E-state index contributed by atoms with van der Waals surface area (Å²) in [6, 6.07) is 9.47. The summed E-state index contributed by atoms with van der Waals surface area (Å²) < 4.78 is 0. The van der Waals surface area contributed by atoms with Crippen LogP contribution in [0, 0.1) is 41.5 Å². The Bertz CT molecular complexity index is 1100. The van der Waals surface area contributed by atoms with E-state index in [1.165, 1.54) is 0 Å². The third kappa shape index (κ3) is 4.44. The van der Waals surface area contributed by atoms with Crippen LogP contribution in [0.15, 0.2) is 36.5 Å². The highest BCUT2D eigenvalue weighted by Crippen LogP contribution is 2.39. The molecule has 6 heteroatoms. The van der Waals surface area contributed by atoms with E-state index >= 15 is 0 Å². The van der Waals surface area contributed by atoms with Crippen LogP contribution in [-0.4, -0.2) is 26.1 Å². The van der Waals surface area contributed by atoms with Crippen molar-refractivity contribution >= 4 is 5.91 Å². The number of amides is 1. The maximum Gasteiger partial charge on any atom is 0.234 e. The van der Waals surface area contributed by atoms with Gasteiger partial charge in [0.25, 0.3) is 0 Å². The van der Waals surface area contributed by atoms with E-state index in [9.17, 15) is 15.0 Å². The summed E-state index contributed by atoms with van der Waals surface area (Å²) in [6.07, 6.45) is 2.27. The summed E-state index contributed by atoms with van der Waals surface area (Å²) >= 11 is 0. The molecule has 0 saturated carbocycles. The Morgan fingerprint density at radius 3 is 1.97 bits per heavy atom. The molecule has 1 aromatic carbocycles. The second kappa shape index (κ2) is 9.81. The molecule has 2 heterocycles. The van der Waals surface area contributed by atoms with E-state index in [-0.39, 0.29) is 5.75 Å². The minimum atomic E-state index is -0.992. The number of nitrogens with two attached hydrogens (primary N) is 1. The number of aromatic nitrogens is 2. The number of hydrogen-bond donors (Lipinski definition) is 3. The third-order valence-corrected chi connectivity index (χ3v) is 6.26. The minimum Gasteiger partial charge on any atom is -0.506 e. The van der Waals surface area contributed by atoms with Gasteiger partial charge >= 0.3 is 0 Å². The van der Waals surface area contributed by atoms with Gasteiger partial charge in [-0.3, -0.25) is 14.8 Å². The van der Waals surface area contributed by atoms with Crippen LogP contribution in [-0.2, 0) is 10.2 Å². The van der Waals surface area contributed by atoms with Crippen molar-refractivity contribution in [2.75, 3.05) is 0 Å². The molecule has 1 unspecified atom stereocenters. The second-order valence-corrected chi connectivity index (χ2v) is 8.13. The third-order valence-electron chi connectivity index (χ3n) is 6.26. The fraction of sp³-hybridized carbons (Fsp3) is 0.346. The van der Waals surface area contributed by atoms with Gasteiger partial charge < -0.3 is 15.9 Å². The molecule has 0 aliphatic carbocycles. The first-order valence-corrected chi connectivity index (χ1v) is 10.6. The zero-order chi connectivity index (χ0) is 24.2. The highest BCUT2D eigenvalue weighted by atomic mass is 16.3. The lowest BCUT2D eigenvalue weighted by Crippen LogP contribution is -2.43. The van der Waals surface area contributed by atoms with E-state index in [1.807, 2.05) is 65.0 Å². The van der Waals surface area contributed by atoms with Gasteiger partial charge in [-0.15, -0.1) is 0 Å². The quantitative estimate of drug-likeness (QED) is 0.554. The fourth-order valence-corrected chi connectivity index (χ4v) is 3.82. The van der Waals surface area contributed by atoms with Gasteiger partial charge in [0.15, 0.2) is 0 Å². The Morgan fingerprint density at radius 2 is 1.47 bits per heavy atom. The summed E-state index contributed by atoms with van der Waals surface area (Å²) in [5, 5.41) is 19.4. The van der Waals surface area contributed by atoms with E-state index < -0.39 is 11.3 Å². The smallest absolute Gasteiger partial charge is 0.234 e. The molecule has 0 radical (unpaired) electrons. The van der Waals surface area contributed by atoms with Crippen molar-refractivity contribution in [3.05, 3.63) is 81.4 Å². The lowest BCUT2D eigenvalue weighted by molar-refractivity contribution is -0.122. The standard InChI is InChI=1S/C18H22N2O2.C8H11NO/c1-5-18(17(19)22,14-9-7-6-8-10-14)16-12(3)11(2)15(21)13(4)20-16;1-5-4-9-7(3)8(10)6(5)2/h6-10,21H,5H2,1-4H3,(H2,19,22);4,10H,1-3H3. The zero-order valence-corrected chi connectivity index (χ0v) is 19.9. The molecule has 0 aliphatic rings. The van der Waals surface area contributed by atoms with E-state index in [1.54, 1.807) is 20.0 Å². The molecule has 0 spiro atoms. The molecular weight excluding hydrogens is 402 g/mol. The first kappa shape index (κ1) is 24.9. The Hall–Kier alpha value is -3.41. The average Bonchev–Trinajstić information content (AvgIpc) is 2.78. The molecule has 6 nitrogen and oxygen atoms in total. The van der Waals surface area contributed by atoms with Crippen molar-refractivity contribution in [2.45, 2.75) is 60.3 Å². The van der Waals surface area contributed by atoms with Crippen LogP contribution in [0.1, 0.15) is 58.2 Å². The maximum absolute atomic E-state index is 12.4. The van der Waals surface area contributed by atoms with Crippen molar-refractivity contribution in [3.63, 3.8) is 0 Å². The monoisotopic (exact) mass is 435 g/mol. The van der Waals surface area contributed by atoms with Crippen molar-refractivity contribution in [3.8, 4) is 11.5 Å². The molecule has 32 heavy (non-hydrogen) atoms. The van der Waals surface area contributed by atoms with Gasteiger partial charge in [-0.2, -0.15) is 0 Å². The number of pyridine rings is 2. The molecule has 1 atom stereocenters. The summed E-state index contributed by atoms with van der Waals surface area (Å²) in [5.41, 5.74) is 11.0. The Morgan fingerprint density at radius 1 is 0.906 bits per heavy atom. The minimum absolute atomic E-state index is 0.170. The lowest BCUT2D eigenvalue weighted by atomic mass is 9.72. The van der Waals surface area contributed by atoms with E-state index in [0.717, 1.165) is 27.8 Å². The average molecular weight is 436 g/mol. The number of nitrogens with zero attached hydrogens (tertiary/aromatic N) is 2. The molecule has 3 aromatic rings. The van der Waals surface area contributed by atoms with Crippen LogP contribution in [0.2, 0.25) is 0 Å². The number of carbonyl (C=O) groups excluding carboxylic acids is 1. The Balaban J connectivity index is 0.000000303. The first-order chi connectivity index (χ1) is 15.0. The van der Waals surface area contributed by atoms with Gasteiger partial charge in [-0.25, -0.2) is 0 Å². The summed E-state index contributed by atoms with van der Waals surface area (Å²) in [7, 11) is 0. The molecular formula is C26H33N3O3. The van der Waals surface area contributed by atoms with Crippen molar-refractivity contribution in [1.82, 2.24) is 9.97 Å². The van der Waals surface area contributed by atoms with Crippen LogP contribution < -0.4 is 5.73 Å². The first-order valence-electron chi connectivity index (χ1n) is 10.6. The second-order valence-electron chi connectivity index (χ2n) is 8.13. The number of aryl methyl sites for hydroxylation is 3. The van der Waals surface area contributed by atoms with E-state index in [2.05, 4.69) is 9.97 Å². The Kier molecular flexibility index (Phi) is 7.62. The van der Waals surface area contributed by atoms with Crippen LogP contribution >= 0.6 is 0 Å². The normalized spacial score (nSPS) is 12.5. The topological polar surface area (TPSA) is 109 Å². The number of rotatable bonds is 4. The summed E-state index contributed by atoms with van der Waals surface area (Å²) in [6.45, 7) is 13.0. The number of carbonyl (C=O) groups is 1. The van der Waals surface area contributed by atoms with Crippen LogP contribution in [0.5, 0.6) is 11.5 Å². The molecule has 0 bridgehead atoms. The molecule has 170 valence electrons. The lowest BCUT2D eigenvalue weighted by Gasteiger charge is -2.32.